The van der Waals surface area contributed by atoms with Gasteiger partial charge in [0.25, 0.3) is 0 Å². The highest BCUT2D eigenvalue weighted by molar-refractivity contribution is 6.30. The molecule has 0 bridgehead atoms. The van der Waals surface area contributed by atoms with Gasteiger partial charge in [-0.05, 0) is 12.1 Å². The summed E-state index contributed by atoms with van der Waals surface area (Å²) in [5.41, 5.74) is 0.120. The van der Waals surface area contributed by atoms with Gasteiger partial charge in [-0.25, -0.2) is 13.8 Å². The Morgan fingerprint density at radius 3 is 2.55 bits per heavy atom. The van der Waals surface area contributed by atoms with E-state index < -0.39 is 23.3 Å². The molecule has 0 aliphatic rings. The molecule has 5 nitrogen and oxygen atoms in total. The van der Waals surface area contributed by atoms with Crippen LogP contribution in [-0.4, -0.2) is 24.5 Å². The number of rotatable bonds is 5. The number of carbonyl (C=O) groups excluding carboxylic acids is 1. The van der Waals surface area contributed by atoms with Crippen LogP contribution in [0.2, 0.25) is 5.02 Å². The largest absolute Gasteiger partial charge is 0.491 e. The van der Waals surface area contributed by atoms with Gasteiger partial charge in [0, 0.05) is 24.0 Å². The molecule has 0 aliphatic heterocycles. The van der Waals surface area contributed by atoms with Crippen LogP contribution in [0.1, 0.15) is 0 Å². The Labute approximate surface area is 130 Å². The first-order valence-corrected chi connectivity index (χ1v) is 6.55. The Kier molecular flexibility index (Phi) is 5.11. The molecule has 0 saturated carbocycles. The monoisotopic (exact) mass is 327 g/mol. The van der Waals surface area contributed by atoms with Crippen molar-refractivity contribution in [2.75, 3.05) is 24.3 Å². The predicted octanol–water partition coefficient (Wildman–Crippen LogP) is 3.07. The Bertz CT molecular complexity index is 657. The first kappa shape index (κ1) is 16.0. The maximum absolute atomic E-state index is 13.5. The molecule has 2 N–H and O–H groups in total. The molecule has 116 valence electrons. The lowest BCUT2D eigenvalue weighted by molar-refractivity contribution is -0.114. The Morgan fingerprint density at radius 2 is 2.00 bits per heavy atom. The maximum Gasteiger partial charge on any atom is 0.244 e. The molecule has 0 radical (unpaired) electrons. The number of nitrogens with one attached hydrogen (secondary N) is 2. The average molecular weight is 328 g/mol. The van der Waals surface area contributed by atoms with E-state index in [0.29, 0.717) is 10.8 Å². The van der Waals surface area contributed by atoms with Gasteiger partial charge in [0.2, 0.25) is 5.91 Å². The van der Waals surface area contributed by atoms with Crippen LogP contribution in [0.5, 0.6) is 5.75 Å². The molecular weight excluding hydrogens is 316 g/mol. The molecule has 1 aromatic heterocycles. The minimum absolute atomic E-state index is 0.120. The maximum atomic E-state index is 13.5. The fourth-order valence-corrected chi connectivity index (χ4v) is 1.79. The van der Waals surface area contributed by atoms with Crippen molar-refractivity contribution in [1.82, 2.24) is 4.98 Å². The second kappa shape index (κ2) is 7.04. The number of carbonyl (C=O) groups is 1. The van der Waals surface area contributed by atoms with E-state index in [0.717, 1.165) is 12.1 Å². The lowest BCUT2D eigenvalue weighted by Gasteiger charge is -2.09. The van der Waals surface area contributed by atoms with E-state index in [4.69, 9.17) is 11.6 Å². The molecule has 2 aromatic rings. The van der Waals surface area contributed by atoms with Gasteiger partial charge in [-0.1, -0.05) is 11.6 Å². The van der Waals surface area contributed by atoms with Crippen molar-refractivity contribution < 1.29 is 18.3 Å². The standard InChI is InChI=1S/C14H12ClF2N3O2/c1-22-14-10(16)4-9(5-11(14)17)18-7-13(21)20-12-3-2-8(15)6-19-12/h2-6,18H,7H2,1H3,(H,19,20,21). The number of hydrogen-bond acceptors (Lipinski definition) is 4. The van der Waals surface area contributed by atoms with Crippen LogP contribution in [0.15, 0.2) is 30.5 Å². The lowest BCUT2D eigenvalue weighted by Crippen LogP contribution is -2.22. The minimum atomic E-state index is -0.857. The second-order valence-corrected chi connectivity index (χ2v) is 4.67. The summed E-state index contributed by atoms with van der Waals surface area (Å²) < 4.78 is 31.6. The fourth-order valence-electron chi connectivity index (χ4n) is 1.68. The van der Waals surface area contributed by atoms with Crippen molar-refractivity contribution in [3.63, 3.8) is 0 Å². The zero-order valence-corrected chi connectivity index (χ0v) is 12.2. The summed E-state index contributed by atoms with van der Waals surface area (Å²) in [6.07, 6.45) is 1.39. The molecule has 2 rings (SSSR count). The van der Waals surface area contributed by atoms with Gasteiger partial charge in [0.1, 0.15) is 5.82 Å². The van der Waals surface area contributed by atoms with E-state index >= 15 is 0 Å². The number of benzene rings is 1. The molecule has 0 aliphatic carbocycles. The third-order valence-corrected chi connectivity index (χ3v) is 2.87. The third kappa shape index (κ3) is 4.05. The predicted molar refractivity (Wildman–Crippen MR) is 79.3 cm³/mol. The number of hydrogen-bond donors (Lipinski definition) is 2. The topological polar surface area (TPSA) is 63.2 Å². The number of amides is 1. The van der Waals surface area contributed by atoms with Gasteiger partial charge in [-0.2, -0.15) is 0 Å². The molecule has 1 aromatic carbocycles. The van der Waals surface area contributed by atoms with Crippen molar-refractivity contribution in [3.05, 3.63) is 47.1 Å². The van der Waals surface area contributed by atoms with Crippen LogP contribution >= 0.6 is 11.6 Å². The van der Waals surface area contributed by atoms with Crippen LogP contribution < -0.4 is 15.4 Å². The Morgan fingerprint density at radius 1 is 1.32 bits per heavy atom. The second-order valence-electron chi connectivity index (χ2n) is 4.24. The number of nitrogens with zero attached hydrogens (tertiary/aromatic N) is 1. The van der Waals surface area contributed by atoms with Gasteiger partial charge in [-0.3, -0.25) is 4.79 Å². The molecule has 0 fully saturated rings. The number of halogens is 3. The van der Waals surface area contributed by atoms with Gasteiger partial charge in [-0.15, -0.1) is 0 Å². The van der Waals surface area contributed by atoms with E-state index in [1.54, 1.807) is 6.07 Å². The summed E-state index contributed by atoms with van der Waals surface area (Å²) >= 11 is 5.67. The van der Waals surface area contributed by atoms with Crippen LogP contribution in [0.4, 0.5) is 20.3 Å². The van der Waals surface area contributed by atoms with Crippen molar-refractivity contribution in [2.45, 2.75) is 0 Å². The summed E-state index contributed by atoms with van der Waals surface area (Å²) in [5.74, 6) is -2.29. The summed E-state index contributed by atoms with van der Waals surface area (Å²) in [7, 11) is 1.17. The number of aromatic nitrogens is 1. The van der Waals surface area contributed by atoms with Crippen molar-refractivity contribution in [3.8, 4) is 5.75 Å². The summed E-state index contributed by atoms with van der Waals surface area (Å²) in [5, 5.41) is 5.56. The normalized spacial score (nSPS) is 10.2. The van der Waals surface area contributed by atoms with Gasteiger partial charge < -0.3 is 15.4 Å². The highest BCUT2D eigenvalue weighted by Crippen LogP contribution is 2.25. The minimum Gasteiger partial charge on any atom is -0.491 e. The first-order valence-electron chi connectivity index (χ1n) is 6.18. The Hall–Kier alpha value is -2.41. The zero-order valence-electron chi connectivity index (χ0n) is 11.5. The van der Waals surface area contributed by atoms with E-state index in [-0.39, 0.29) is 12.2 Å². The molecule has 22 heavy (non-hydrogen) atoms. The van der Waals surface area contributed by atoms with E-state index in [1.165, 1.54) is 19.4 Å². The number of ether oxygens (including phenoxy) is 1. The lowest BCUT2D eigenvalue weighted by atomic mass is 10.2. The molecule has 0 spiro atoms. The molecule has 0 unspecified atom stereocenters. The number of anilines is 2. The van der Waals surface area contributed by atoms with Gasteiger partial charge >= 0.3 is 0 Å². The van der Waals surface area contributed by atoms with Crippen LogP contribution in [0, 0.1) is 11.6 Å². The number of methoxy groups -OCH3 is 1. The summed E-state index contributed by atoms with van der Waals surface area (Å²) in [6.45, 7) is -0.185. The van der Waals surface area contributed by atoms with E-state index in [1.807, 2.05) is 0 Å². The molecule has 0 saturated heterocycles. The first-order chi connectivity index (χ1) is 10.5. The highest BCUT2D eigenvalue weighted by atomic mass is 35.5. The molecule has 0 atom stereocenters. The molecular formula is C14H12ClF2N3O2. The third-order valence-electron chi connectivity index (χ3n) is 2.65. The SMILES string of the molecule is COc1c(F)cc(NCC(=O)Nc2ccc(Cl)cn2)cc1F. The summed E-state index contributed by atoms with van der Waals surface area (Å²) in [4.78, 5) is 15.6. The van der Waals surface area contributed by atoms with Crippen molar-refractivity contribution in [2.24, 2.45) is 0 Å². The summed E-state index contributed by atoms with van der Waals surface area (Å²) in [6, 6.07) is 5.18. The number of pyridine rings is 1. The van der Waals surface area contributed by atoms with E-state index in [9.17, 15) is 13.6 Å². The van der Waals surface area contributed by atoms with Gasteiger partial charge in [0.05, 0.1) is 18.7 Å². The van der Waals surface area contributed by atoms with Crippen molar-refractivity contribution in [1.29, 1.82) is 0 Å². The van der Waals surface area contributed by atoms with Crippen molar-refractivity contribution >= 4 is 29.0 Å². The van der Waals surface area contributed by atoms with E-state index in [2.05, 4.69) is 20.4 Å². The van der Waals surface area contributed by atoms with Gasteiger partial charge in [0.15, 0.2) is 17.4 Å². The zero-order chi connectivity index (χ0) is 16.1. The smallest absolute Gasteiger partial charge is 0.244 e. The Balaban J connectivity index is 1.95. The molecule has 1 heterocycles. The highest BCUT2D eigenvalue weighted by Gasteiger charge is 2.12. The molecule has 1 amide bonds. The molecule has 8 heteroatoms. The van der Waals surface area contributed by atoms with Crippen LogP contribution in [0.3, 0.4) is 0 Å². The van der Waals surface area contributed by atoms with Crippen LogP contribution in [0.25, 0.3) is 0 Å². The average Bonchev–Trinajstić information content (AvgIpc) is 2.47. The quantitative estimate of drug-likeness (QED) is 0.886. The van der Waals surface area contributed by atoms with Crippen LogP contribution in [-0.2, 0) is 4.79 Å². The fraction of sp³-hybridized carbons (Fsp3) is 0.143.